The van der Waals surface area contributed by atoms with E-state index in [2.05, 4.69) is 18.5 Å². The summed E-state index contributed by atoms with van der Waals surface area (Å²) in [7, 11) is 0. The molecule has 4 rings (SSSR count). The SMILES string of the molecule is C=CC(C(=O)O)c1ccc(C2(NC(=O)c3cc4c(Cl)c(Cl)ccc4n3C=C)COC2)c(F)c1. The number of ether oxygens (including phenoxy) is 1. The van der Waals surface area contributed by atoms with Crippen molar-refractivity contribution < 1.29 is 23.8 Å². The van der Waals surface area contributed by atoms with Crippen LogP contribution in [-0.4, -0.2) is 34.8 Å². The quantitative estimate of drug-likeness (QED) is 0.448. The van der Waals surface area contributed by atoms with Crippen LogP contribution >= 0.6 is 23.2 Å². The average molecular weight is 489 g/mol. The summed E-state index contributed by atoms with van der Waals surface area (Å²) in [4.78, 5) is 24.6. The molecular formula is C24H19Cl2FN2O4. The van der Waals surface area contributed by atoms with Crippen LogP contribution in [0.2, 0.25) is 10.0 Å². The molecule has 1 aliphatic rings. The van der Waals surface area contributed by atoms with Crippen molar-refractivity contribution in [3.8, 4) is 0 Å². The molecular weight excluding hydrogens is 470 g/mol. The van der Waals surface area contributed by atoms with Crippen LogP contribution in [0.3, 0.4) is 0 Å². The zero-order valence-corrected chi connectivity index (χ0v) is 18.8. The molecule has 1 saturated heterocycles. The van der Waals surface area contributed by atoms with E-state index in [1.165, 1.54) is 24.4 Å². The van der Waals surface area contributed by atoms with E-state index < -0.39 is 29.2 Å². The molecule has 1 atom stereocenters. The van der Waals surface area contributed by atoms with Gasteiger partial charge in [-0.1, -0.05) is 48.0 Å². The summed E-state index contributed by atoms with van der Waals surface area (Å²) in [5.74, 6) is -3.32. The summed E-state index contributed by atoms with van der Waals surface area (Å²) in [6.45, 7) is 7.37. The maximum Gasteiger partial charge on any atom is 0.314 e. The van der Waals surface area contributed by atoms with E-state index in [9.17, 15) is 14.7 Å². The van der Waals surface area contributed by atoms with Crippen LogP contribution in [0.15, 0.2) is 55.6 Å². The highest BCUT2D eigenvalue weighted by molar-refractivity contribution is 6.45. The van der Waals surface area contributed by atoms with Gasteiger partial charge in [0.2, 0.25) is 0 Å². The summed E-state index contributed by atoms with van der Waals surface area (Å²) < 4.78 is 22.0. The summed E-state index contributed by atoms with van der Waals surface area (Å²) in [6, 6.07) is 9.06. The second kappa shape index (κ2) is 8.67. The number of nitrogens with one attached hydrogen (secondary N) is 1. The Morgan fingerprint density at radius 1 is 1.21 bits per heavy atom. The highest BCUT2D eigenvalue weighted by Gasteiger charge is 2.44. The fourth-order valence-corrected chi connectivity index (χ4v) is 4.37. The molecule has 1 fully saturated rings. The zero-order valence-electron chi connectivity index (χ0n) is 17.3. The van der Waals surface area contributed by atoms with Gasteiger partial charge in [0.05, 0.1) is 34.7 Å². The lowest BCUT2D eigenvalue weighted by molar-refractivity contribution is -0.137. The first-order valence-corrected chi connectivity index (χ1v) is 10.6. The highest BCUT2D eigenvalue weighted by atomic mass is 35.5. The number of rotatable bonds is 7. The topological polar surface area (TPSA) is 80.6 Å². The number of hydrogen-bond acceptors (Lipinski definition) is 3. The minimum atomic E-state index is -1.14. The molecule has 9 heteroatoms. The molecule has 2 aromatic carbocycles. The molecule has 1 aliphatic heterocycles. The van der Waals surface area contributed by atoms with Crippen LogP contribution in [-0.2, 0) is 15.1 Å². The molecule has 2 N–H and O–H groups in total. The van der Waals surface area contributed by atoms with Gasteiger partial charge >= 0.3 is 5.97 Å². The van der Waals surface area contributed by atoms with E-state index in [4.69, 9.17) is 27.9 Å². The lowest BCUT2D eigenvalue weighted by atomic mass is 9.85. The lowest BCUT2D eigenvalue weighted by Gasteiger charge is -2.42. The van der Waals surface area contributed by atoms with Gasteiger partial charge in [0.25, 0.3) is 5.91 Å². The van der Waals surface area contributed by atoms with Gasteiger partial charge in [-0.05, 0) is 29.8 Å². The van der Waals surface area contributed by atoms with Gasteiger partial charge in [-0.3, -0.25) is 9.59 Å². The number of benzene rings is 2. The van der Waals surface area contributed by atoms with E-state index in [1.807, 2.05) is 0 Å². The van der Waals surface area contributed by atoms with Crippen molar-refractivity contribution in [2.24, 2.45) is 0 Å². The Labute approximate surface area is 198 Å². The van der Waals surface area contributed by atoms with E-state index in [-0.39, 0.29) is 30.0 Å². The molecule has 0 radical (unpaired) electrons. The number of fused-ring (bicyclic) bond motifs is 1. The van der Waals surface area contributed by atoms with Crippen molar-refractivity contribution in [2.45, 2.75) is 11.5 Å². The fourth-order valence-electron chi connectivity index (χ4n) is 3.99. The first kappa shape index (κ1) is 23.0. The van der Waals surface area contributed by atoms with Crippen LogP contribution in [0.4, 0.5) is 4.39 Å². The molecule has 0 aliphatic carbocycles. The van der Waals surface area contributed by atoms with Crippen molar-refractivity contribution in [3.63, 3.8) is 0 Å². The van der Waals surface area contributed by atoms with E-state index in [0.717, 1.165) is 6.07 Å². The monoisotopic (exact) mass is 488 g/mol. The molecule has 1 amide bonds. The summed E-state index contributed by atoms with van der Waals surface area (Å²) in [5, 5.41) is 13.4. The minimum Gasteiger partial charge on any atom is -0.481 e. The molecule has 2 heterocycles. The Hall–Kier alpha value is -3.13. The maximum atomic E-state index is 15.1. The number of nitrogens with zero attached hydrogens (tertiary/aromatic N) is 1. The first-order chi connectivity index (χ1) is 15.7. The van der Waals surface area contributed by atoms with Crippen molar-refractivity contribution in [2.75, 3.05) is 13.2 Å². The number of carbonyl (C=O) groups excluding carboxylic acids is 1. The number of aliphatic carboxylic acids is 1. The fraction of sp³-hybridized carbons (Fsp3) is 0.167. The Kier molecular flexibility index (Phi) is 6.05. The number of hydrogen-bond donors (Lipinski definition) is 2. The van der Waals surface area contributed by atoms with Crippen LogP contribution in [0.25, 0.3) is 17.1 Å². The molecule has 0 saturated carbocycles. The molecule has 6 nitrogen and oxygen atoms in total. The Bertz CT molecular complexity index is 1310. The second-order valence-electron chi connectivity index (χ2n) is 7.70. The third-order valence-electron chi connectivity index (χ3n) is 5.74. The number of carbonyl (C=O) groups is 2. The van der Waals surface area contributed by atoms with Gasteiger partial charge in [0, 0.05) is 17.1 Å². The predicted molar refractivity (Wildman–Crippen MR) is 125 cm³/mol. The van der Waals surface area contributed by atoms with Gasteiger partial charge in [0.1, 0.15) is 17.1 Å². The standard InChI is InChI=1S/C24H19Cl2FN2O4/c1-3-14(23(31)32)13-5-6-16(18(27)9-13)24(11-33-12-24)28-22(30)20-10-15-19(29(20)4-2)8-7-17(25)21(15)26/h3-10,14H,1-2,11-12H2,(H,28,30)(H,31,32). The molecule has 1 unspecified atom stereocenters. The second-order valence-corrected chi connectivity index (χ2v) is 8.48. The molecule has 3 aromatic rings. The Balaban J connectivity index is 1.71. The maximum absolute atomic E-state index is 15.1. The van der Waals surface area contributed by atoms with Crippen LogP contribution in [0, 0.1) is 5.82 Å². The number of halogens is 3. The summed E-state index contributed by atoms with van der Waals surface area (Å²) in [6.07, 6.45) is 2.70. The smallest absolute Gasteiger partial charge is 0.314 e. The third kappa shape index (κ3) is 3.82. The first-order valence-electron chi connectivity index (χ1n) is 9.89. The highest BCUT2D eigenvalue weighted by Crippen LogP contribution is 2.36. The summed E-state index contributed by atoms with van der Waals surface area (Å²) in [5.41, 5.74) is 0.213. The zero-order chi connectivity index (χ0) is 23.9. The molecule has 33 heavy (non-hydrogen) atoms. The molecule has 0 bridgehead atoms. The average Bonchev–Trinajstić information content (AvgIpc) is 3.13. The third-order valence-corrected chi connectivity index (χ3v) is 6.56. The molecule has 1 aromatic heterocycles. The molecule has 170 valence electrons. The van der Waals surface area contributed by atoms with Crippen molar-refractivity contribution in [3.05, 3.63) is 88.3 Å². The van der Waals surface area contributed by atoms with Gasteiger partial charge in [-0.2, -0.15) is 0 Å². The lowest BCUT2D eigenvalue weighted by Crippen LogP contribution is -2.60. The van der Waals surface area contributed by atoms with Crippen LogP contribution in [0.5, 0.6) is 0 Å². The summed E-state index contributed by atoms with van der Waals surface area (Å²) >= 11 is 12.4. The Morgan fingerprint density at radius 2 is 1.94 bits per heavy atom. The van der Waals surface area contributed by atoms with Gasteiger partial charge < -0.3 is 19.7 Å². The van der Waals surface area contributed by atoms with E-state index in [0.29, 0.717) is 20.9 Å². The Morgan fingerprint density at radius 3 is 2.48 bits per heavy atom. The number of carboxylic acids is 1. The van der Waals surface area contributed by atoms with E-state index >= 15 is 4.39 Å². The number of aromatic nitrogens is 1. The van der Waals surface area contributed by atoms with Crippen molar-refractivity contribution in [1.29, 1.82) is 0 Å². The van der Waals surface area contributed by atoms with Gasteiger partial charge in [-0.25, -0.2) is 4.39 Å². The number of carboxylic acid groups (broad SMARTS) is 1. The predicted octanol–water partition coefficient (Wildman–Crippen LogP) is 5.20. The van der Waals surface area contributed by atoms with Crippen LogP contribution < -0.4 is 5.32 Å². The van der Waals surface area contributed by atoms with Crippen molar-refractivity contribution >= 4 is 52.2 Å². The van der Waals surface area contributed by atoms with Gasteiger partial charge in [-0.15, -0.1) is 6.58 Å². The molecule has 0 spiro atoms. The minimum absolute atomic E-state index is 0.0553. The van der Waals surface area contributed by atoms with Crippen LogP contribution in [0.1, 0.15) is 27.5 Å². The largest absolute Gasteiger partial charge is 0.481 e. The normalized spacial score (nSPS) is 15.5. The van der Waals surface area contributed by atoms with E-state index in [1.54, 1.807) is 22.8 Å². The van der Waals surface area contributed by atoms with Crippen molar-refractivity contribution in [1.82, 2.24) is 9.88 Å². The number of amides is 1. The van der Waals surface area contributed by atoms with Gasteiger partial charge in [0.15, 0.2) is 0 Å².